The molecule has 27 heavy (non-hydrogen) atoms. The van der Waals surface area contributed by atoms with Gasteiger partial charge in [0.25, 0.3) is 0 Å². The smallest absolute Gasteiger partial charge is 0.338 e. The van der Waals surface area contributed by atoms with Gasteiger partial charge in [-0.3, -0.25) is 4.72 Å². The summed E-state index contributed by atoms with van der Waals surface area (Å²) in [7, 11) is -3.44. The third-order valence-electron chi connectivity index (χ3n) is 3.41. The van der Waals surface area contributed by atoms with Crippen molar-refractivity contribution in [2.75, 3.05) is 11.0 Å². The van der Waals surface area contributed by atoms with Crippen LogP contribution in [0.3, 0.4) is 0 Å². The first kappa shape index (κ1) is 18.9. The number of aromatic nitrogens is 1. The Labute approximate surface area is 161 Å². The molecule has 0 radical (unpaired) electrons. The number of anilines is 1. The van der Waals surface area contributed by atoms with E-state index in [0.717, 1.165) is 11.8 Å². The van der Waals surface area contributed by atoms with Crippen molar-refractivity contribution >= 4 is 33.3 Å². The monoisotopic (exact) mass is 406 g/mol. The second kappa shape index (κ2) is 7.81. The van der Waals surface area contributed by atoms with Crippen LogP contribution in [0.1, 0.15) is 16.2 Å². The number of ether oxygens (including phenoxy) is 1. The molecule has 0 amide bonds. The van der Waals surface area contributed by atoms with Gasteiger partial charge in [-0.25, -0.2) is 18.2 Å². The second-order valence-electron chi connectivity index (χ2n) is 5.66. The Hall–Kier alpha value is -2.84. The summed E-state index contributed by atoms with van der Waals surface area (Å²) in [5.74, 6) is 0.133. The first-order chi connectivity index (χ1) is 12.8. The minimum absolute atomic E-state index is 0.157. The molecular formula is C18H15ClN2O5S. The molecule has 0 spiro atoms. The molecule has 1 heterocycles. The molecule has 3 rings (SSSR count). The minimum atomic E-state index is -3.44. The number of carbonyl (C=O) groups excluding carboxylic acids is 1. The van der Waals surface area contributed by atoms with Crippen molar-refractivity contribution in [3.63, 3.8) is 0 Å². The molecule has 0 fully saturated rings. The predicted octanol–water partition coefficient (Wildman–Crippen LogP) is 3.72. The van der Waals surface area contributed by atoms with Crippen LogP contribution in [0.5, 0.6) is 0 Å². The van der Waals surface area contributed by atoms with E-state index >= 15 is 0 Å². The topological polar surface area (TPSA) is 98.5 Å². The van der Waals surface area contributed by atoms with E-state index in [-0.39, 0.29) is 23.7 Å². The van der Waals surface area contributed by atoms with E-state index in [2.05, 4.69) is 9.71 Å². The van der Waals surface area contributed by atoms with Gasteiger partial charge in [-0.15, -0.1) is 0 Å². The fourth-order valence-electron chi connectivity index (χ4n) is 2.26. The summed E-state index contributed by atoms with van der Waals surface area (Å²) in [5, 5.41) is 0.611. The van der Waals surface area contributed by atoms with Gasteiger partial charge in [0.1, 0.15) is 0 Å². The standard InChI is InChI=1S/C18H15ClN2O5S/c1-27(23,24)21-15-4-2-3-13(9-15)18(22)25-11-17-20-10-16(26-17)12-5-7-14(19)8-6-12/h2-10,21H,11H2,1H3. The maximum absolute atomic E-state index is 12.2. The van der Waals surface area contributed by atoms with Gasteiger partial charge in [0, 0.05) is 16.3 Å². The zero-order valence-electron chi connectivity index (χ0n) is 14.2. The minimum Gasteiger partial charge on any atom is -0.452 e. The number of halogens is 1. The number of benzene rings is 2. The summed E-state index contributed by atoms with van der Waals surface area (Å²) in [4.78, 5) is 16.2. The van der Waals surface area contributed by atoms with E-state index in [1.54, 1.807) is 30.3 Å². The highest BCUT2D eigenvalue weighted by Gasteiger charge is 2.12. The van der Waals surface area contributed by atoms with Crippen molar-refractivity contribution in [2.45, 2.75) is 6.61 Å². The lowest BCUT2D eigenvalue weighted by Crippen LogP contribution is -2.11. The fraction of sp³-hybridized carbons (Fsp3) is 0.111. The van der Waals surface area contributed by atoms with Crippen LogP contribution >= 0.6 is 11.6 Å². The Bertz CT molecular complexity index is 1060. The number of oxazole rings is 1. The fourth-order valence-corrected chi connectivity index (χ4v) is 2.94. The summed E-state index contributed by atoms with van der Waals surface area (Å²) >= 11 is 5.85. The normalized spacial score (nSPS) is 11.2. The number of esters is 1. The van der Waals surface area contributed by atoms with Crippen LogP contribution in [0, 0.1) is 0 Å². The molecule has 0 aliphatic rings. The number of hydrogen-bond donors (Lipinski definition) is 1. The number of nitrogens with zero attached hydrogens (tertiary/aromatic N) is 1. The van der Waals surface area contributed by atoms with Crippen LogP contribution in [0.25, 0.3) is 11.3 Å². The third kappa shape index (κ3) is 5.32. The zero-order chi connectivity index (χ0) is 19.4. The highest BCUT2D eigenvalue weighted by Crippen LogP contribution is 2.22. The Balaban J connectivity index is 1.64. The summed E-state index contributed by atoms with van der Waals surface area (Å²) in [6.07, 6.45) is 2.56. The SMILES string of the molecule is CS(=O)(=O)Nc1cccc(C(=O)OCc2ncc(-c3ccc(Cl)cc3)o2)c1. The Kier molecular flexibility index (Phi) is 5.48. The van der Waals surface area contributed by atoms with Gasteiger partial charge in [0.05, 0.1) is 18.0 Å². The molecule has 0 saturated carbocycles. The number of hydrogen-bond acceptors (Lipinski definition) is 6. The highest BCUT2D eigenvalue weighted by molar-refractivity contribution is 7.92. The number of nitrogens with one attached hydrogen (secondary N) is 1. The molecule has 0 aliphatic heterocycles. The van der Waals surface area contributed by atoms with E-state index in [1.165, 1.54) is 24.4 Å². The van der Waals surface area contributed by atoms with Crippen molar-refractivity contribution in [3.8, 4) is 11.3 Å². The quantitative estimate of drug-likeness (QED) is 0.626. The molecular weight excluding hydrogens is 392 g/mol. The summed E-state index contributed by atoms with van der Waals surface area (Å²) < 4.78 is 35.6. The summed E-state index contributed by atoms with van der Waals surface area (Å²) in [6.45, 7) is -0.157. The van der Waals surface area contributed by atoms with Gasteiger partial charge in [0.15, 0.2) is 12.4 Å². The van der Waals surface area contributed by atoms with Crippen molar-refractivity contribution in [3.05, 3.63) is 71.2 Å². The second-order valence-corrected chi connectivity index (χ2v) is 7.84. The molecule has 0 unspecified atom stereocenters. The first-order valence-electron chi connectivity index (χ1n) is 7.76. The van der Waals surface area contributed by atoms with E-state index in [9.17, 15) is 13.2 Å². The van der Waals surface area contributed by atoms with Crippen LogP contribution in [-0.2, 0) is 21.4 Å². The first-order valence-corrected chi connectivity index (χ1v) is 10.0. The van der Waals surface area contributed by atoms with Crippen molar-refractivity contribution in [1.29, 1.82) is 0 Å². The van der Waals surface area contributed by atoms with E-state index < -0.39 is 16.0 Å². The predicted molar refractivity (Wildman–Crippen MR) is 101 cm³/mol. The molecule has 7 nitrogen and oxygen atoms in total. The Morgan fingerprint density at radius 2 is 1.96 bits per heavy atom. The van der Waals surface area contributed by atoms with E-state index in [4.69, 9.17) is 20.8 Å². The van der Waals surface area contributed by atoms with Crippen molar-refractivity contribution in [2.24, 2.45) is 0 Å². The molecule has 9 heteroatoms. The van der Waals surface area contributed by atoms with Gasteiger partial charge >= 0.3 is 5.97 Å². The maximum Gasteiger partial charge on any atom is 0.338 e. The number of rotatable bonds is 6. The summed E-state index contributed by atoms with van der Waals surface area (Å²) in [5.41, 5.74) is 1.27. The van der Waals surface area contributed by atoms with Gasteiger partial charge in [-0.1, -0.05) is 17.7 Å². The lowest BCUT2D eigenvalue weighted by atomic mass is 10.2. The maximum atomic E-state index is 12.2. The van der Waals surface area contributed by atoms with Crippen LogP contribution in [0.2, 0.25) is 5.02 Å². The highest BCUT2D eigenvalue weighted by atomic mass is 35.5. The average molecular weight is 407 g/mol. The zero-order valence-corrected chi connectivity index (χ0v) is 15.8. The lowest BCUT2D eigenvalue weighted by Gasteiger charge is -2.06. The largest absolute Gasteiger partial charge is 0.452 e. The lowest BCUT2D eigenvalue weighted by molar-refractivity contribution is 0.0439. The van der Waals surface area contributed by atoms with Gasteiger partial charge in [-0.2, -0.15) is 0 Å². The summed E-state index contributed by atoms with van der Waals surface area (Å²) in [6, 6.07) is 13.0. The molecule has 1 N–H and O–H groups in total. The third-order valence-corrected chi connectivity index (χ3v) is 4.27. The Morgan fingerprint density at radius 1 is 1.22 bits per heavy atom. The molecule has 1 aromatic heterocycles. The molecule has 0 atom stereocenters. The molecule has 0 saturated heterocycles. The van der Waals surface area contributed by atoms with Crippen LogP contribution in [-0.4, -0.2) is 25.6 Å². The molecule has 2 aromatic carbocycles. The molecule has 0 bridgehead atoms. The molecule has 3 aromatic rings. The molecule has 0 aliphatic carbocycles. The van der Waals surface area contributed by atoms with Gasteiger partial charge < -0.3 is 9.15 Å². The van der Waals surface area contributed by atoms with Crippen LogP contribution in [0.15, 0.2) is 59.1 Å². The van der Waals surface area contributed by atoms with E-state index in [0.29, 0.717) is 10.8 Å². The van der Waals surface area contributed by atoms with Crippen molar-refractivity contribution < 1.29 is 22.4 Å². The number of sulfonamides is 1. The number of carbonyl (C=O) groups is 1. The van der Waals surface area contributed by atoms with E-state index in [1.807, 2.05) is 0 Å². The van der Waals surface area contributed by atoms with Gasteiger partial charge in [0.2, 0.25) is 15.9 Å². The van der Waals surface area contributed by atoms with Crippen molar-refractivity contribution in [1.82, 2.24) is 4.98 Å². The van der Waals surface area contributed by atoms with Crippen LogP contribution in [0.4, 0.5) is 5.69 Å². The van der Waals surface area contributed by atoms with Crippen LogP contribution < -0.4 is 4.72 Å². The molecule has 140 valence electrons. The van der Waals surface area contributed by atoms with Gasteiger partial charge in [-0.05, 0) is 42.5 Å². The average Bonchev–Trinajstić information content (AvgIpc) is 3.08. The Morgan fingerprint density at radius 3 is 2.67 bits per heavy atom.